The van der Waals surface area contributed by atoms with Gasteiger partial charge in [-0.15, -0.1) is 0 Å². The van der Waals surface area contributed by atoms with Crippen molar-refractivity contribution in [3.63, 3.8) is 0 Å². The Kier molecular flexibility index (Phi) is 26.4. The number of hydrogen-bond donors (Lipinski definition) is 0. The van der Waals surface area contributed by atoms with E-state index in [-0.39, 0.29) is 0 Å². The van der Waals surface area contributed by atoms with Crippen LogP contribution < -0.4 is 0 Å². The molecule has 0 rings (SSSR count). The van der Waals surface area contributed by atoms with E-state index in [9.17, 15) is 0 Å². The zero-order valence-electron chi connectivity index (χ0n) is 18.0. The Morgan fingerprint density at radius 2 is 0.571 bits per heavy atom. The van der Waals surface area contributed by atoms with E-state index in [1.807, 2.05) is 6.92 Å². The lowest BCUT2D eigenvalue weighted by molar-refractivity contribution is -0.0229. The highest BCUT2D eigenvalue weighted by Crippen LogP contribution is 1.88. The van der Waals surface area contributed by atoms with Crippen LogP contribution in [-0.4, -0.2) is 106 Å². The molecule has 0 bridgehead atoms. The minimum absolute atomic E-state index is 0.551. The molecule has 0 aliphatic heterocycles. The lowest BCUT2D eigenvalue weighted by atomic mass is 10.4. The topological polar surface area (TPSA) is 73.8 Å². The minimum Gasteiger partial charge on any atom is -0.379 e. The predicted octanol–water partition coefficient (Wildman–Crippen LogP) is 1.94. The smallest absolute Gasteiger partial charge is 0.0701 e. The van der Waals surface area contributed by atoms with Crippen LogP contribution in [0.15, 0.2) is 0 Å². The third-order valence-corrected chi connectivity index (χ3v) is 3.45. The van der Waals surface area contributed by atoms with E-state index in [4.69, 9.17) is 37.9 Å². The SMILES string of the molecule is CCCCOCCOCCOCCOCCOCCOCCOCCOCC. The van der Waals surface area contributed by atoms with Gasteiger partial charge in [-0.3, -0.25) is 0 Å². The Bertz CT molecular complexity index is 243. The zero-order valence-corrected chi connectivity index (χ0v) is 18.0. The van der Waals surface area contributed by atoms with Gasteiger partial charge in [-0.1, -0.05) is 13.3 Å². The van der Waals surface area contributed by atoms with Crippen molar-refractivity contribution >= 4 is 0 Å². The highest BCUT2D eigenvalue weighted by molar-refractivity contribution is 4.38. The van der Waals surface area contributed by atoms with Crippen LogP contribution in [0.3, 0.4) is 0 Å². The molecule has 28 heavy (non-hydrogen) atoms. The number of unbranched alkanes of at least 4 members (excludes halogenated alkanes) is 1. The summed E-state index contributed by atoms with van der Waals surface area (Å²) in [6, 6.07) is 0. The van der Waals surface area contributed by atoms with Crippen LogP contribution in [0.1, 0.15) is 26.7 Å². The molecule has 0 spiro atoms. The molecule has 0 aromatic rings. The summed E-state index contributed by atoms with van der Waals surface area (Å²) >= 11 is 0. The van der Waals surface area contributed by atoms with Crippen molar-refractivity contribution in [1.82, 2.24) is 0 Å². The average Bonchev–Trinajstić information content (AvgIpc) is 2.71. The molecule has 0 fully saturated rings. The molecule has 0 amide bonds. The van der Waals surface area contributed by atoms with Crippen molar-refractivity contribution in [3.8, 4) is 0 Å². The second-order valence-electron chi connectivity index (χ2n) is 5.84. The van der Waals surface area contributed by atoms with Crippen molar-refractivity contribution in [3.05, 3.63) is 0 Å². The van der Waals surface area contributed by atoms with E-state index in [0.29, 0.717) is 92.5 Å². The van der Waals surface area contributed by atoms with Crippen LogP contribution in [0.4, 0.5) is 0 Å². The van der Waals surface area contributed by atoms with Gasteiger partial charge in [0.1, 0.15) is 0 Å². The van der Waals surface area contributed by atoms with E-state index in [2.05, 4.69) is 6.92 Å². The minimum atomic E-state index is 0.551. The maximum Gasteiger partial charge on any atom is 0.0701 e. The molecule has 0 heterocycles. The summed E-state index contributed by atoms with van der Waals surface area (Å²) in [7, 11) is 0. The highest BCUT2D eigenvalue weighted by atomic mass is 16.6. The van der Waals surface area contributed by atoms with Crippen molar-refractivity contribution in [2.24, 2.45) is 0 Å². The van der Waals surface area contributed by atoms with Gasteiger partial charge >= 0.3 is 0 Å². The van der Waals surface area contributed by atoms with E-state index in [1.54, 1.807) is 0 Å². The average molecular weight is 411 g/mol. The molecule has 0 aliphatic rings. The molecule has 0 radical (unpaired) electrons. The molecule has 0 unspecified atom stereocenters. The fraction of sp³-hybridized carbons (Fsp3) is 1.00. The second kappa shape index (κ2) is 26.7. The van der Waals surface area contributed by atoms with Gasteiger partial charge in [0.15, 0.2) is 0 Å². The number of ether oxygens (including phenoxy) is 8. The highest BCUT2D eigenvalue weighted by Gasteiger charge is 1.94. The Hall–Kier alpha value is -0.320. The largest absolute Gasteiger partial charge is 0.379 e. The molecule has 0 atom stereocenters. The summed E-state index contributed by atoms with van der Waals surface area (Å²) in [6.07, 6.45) is 2.26. The molecule has 170 valence electrons. The van der Waals surface area contributed by atoms with Gasteiger partial charge in [-0.05, 0) is 13.3 Å². The number of rotatable bonds is 25. The lowest BCUT2D eigenvalue weighted by Gasteiger charge is -2.08. The predicted molar refractivity (Wildman–Crippen MR) is 107 cm³/mol. The summed E-state index contributed by atoms with van der Waals surface area (Å²) in [4.78, 5) is 0. The molecule has 0 saturated heterocycles. The van der Waals surface area contributed by atoms with Gasteiger partial charge in [0.05, 0.1) is 92.5 Å². The fourth-order valence-electron chi connectivity index (χ4n) is 1.93. The molecule has 0 saturated carbocycles. The first-order valence-electron chi connectivity index (χ1n) is 10.5. The van der Waals surface area contributed by atoms with Crippen molar-refractivity contribution in [2.75, 3.05) is 106 Å². The summed E-state index contributed by atoms with van der Waals surface area (Å²) in [5, 5.41) is 0. The van der Waals surface area contributed by atoms with Crippen LogP contribution in [0.2, 0.25) is 0 Å². The van der Waals surface area contributed by atoms with Gasteiger partial charge in [0.25, 0.3) is 0 Å². The Balaban J connectivity index is 2.96. The van der Waals surface area contributed by atoms with Gasteiger partial charge in [0.2, 0.25) is 0 Å². The van der Waals surface area contributed by atoms with Crippen molar-refractivity contribution in [2.45, 2.75) is 26.7 Å². The molecular weight excluding hydrogens is 368 g/mol. The quantitative estimate of drug-likeness (QED) is 0.211. The Morgan fingerprint density at radius 3 is 0.821 bits per heavy atom. The molecular formula is C20H42O8. The third-order valence-electron chi connectivity index (χ3n) is 3.45. The summed E-state index contributed by atoms with van der Waals surface area (Å²) in [6.45, 7) is 13.8. The lowest BCUT2D eigenvalue weighted by Crippen LogP contribution is -2.15. The first-order valence-corrected chi connectivity index (χ1v) is 10.5. The van der Waals surface area contributed by atoms with Crippen LogP contribution in [0.25, 0.3) is 0 Å². The van der Waals surface area contributed by atoms with Gasteiger partial charge in [-0.25, -0.2) is 0 Å². The zero-order chi connectivity index (χ0) is 20.4. The van der Waals surface area contributed by atoms with Gasteiger partial charge in [0, 0.05) is 13.2 Å². The van der Waals surface area contributed by atoms with Gasteiger partial charge in [-0.2, -0.15) is 0 Å². The summed E-state index contributed by atoms with van der Waals surface area (Å²) < 4.78 is 43.0. The summed E-state index contributed by atoms with van der Waals surface area (Å²) in [5.74, 6) is 0. The van der Waals surface area contributed by atoms with E-state index in [1.165, 1.54) is 0 Å². The molecule has 8 nitrogen and oxygen atoms in total. The van der Waals surface area contributed by atoms with E-state index in [0.717, 1.165) is 26.1 Å². The first-order chi connectivity index (χ1) is 13.9. The molecule has 0 aromatic heterocycles. The maximum absolute atomic E-state index is 5.42. The van der Waals surface area contributed by atoms with Gasteiger partial charge < -0.3 is 37.9 Å². The summed E-state index contributed by atoms with van der Waals surface area (Å²) in [5.41, 5.74) is 0. The standard InChI is InChI=1S/C20H42O8/c1-3-5-6-22-9-10-24-13-14-26-17-18-28-20-19-27-16-15-25-12-11-23-8-7-21-4-2/h3-20H2,1-2H3. The third kappa shape index (κ3) is 25.7. The van der Waals surface area contributed by atoms with E-state index < -0.39 is 0 Å². The van der Waals surface area contributed by atoms with E-state index >= 15 is 0 Å². The second-order valence-corrected chi connectivity index (χ2v) is 5.84. The maximum atomic E-state index is 5.42. The molecule has 8 heteroatoms. The monoisotopic (exact) mass is 410 g/mol. The van der Waals surface area contributed by atoms with Crippen LogP contribution in [0.5, 0.6) is 0 Å². The Morgan fingerprint density at radius 1 is 0.321 bits per heavy atom. The molecule has 0 N–H and O–H groups in total. The normalized spacial score (nSPS) is 11.4. The number of hydrogen-bond acceptors (Lipinski definition) is 8. The van der Waals surface area contributed by atoms with Crippen molar-refractivity contribution < 1.29 is 37.9 Å². The fourth-order valence-corrected chi connectivity index (χ4v) is 1.93. The molecule has 0 aromatic carbocycles. The van der Waals surface area contributed by atoms with Crippen LogP contribution in [-0.2, 0) is 37.9 Å². The first kappa shape index (κ1) is 27.7. The van der Waals surface area contributed by atoms with Crippen LogP contribution >= 0.6 is 0 Å². The Labute approximate surface area is 171 Å². The molecule has 0 aliphatic carbocycles. The van der Waals surface area contributed by atoms with Crippen molar-refractivity contribution in [1.29, 1.82) is 0 Å². The van der Waals surface area contributed by atoms with Crippen LogP contribution in [0, 0.1) is 0 Å².